The van der Waals surface area contributed by atoms with Crippen molar-refractivity contribution in [2.75, 3.05) is 74.2 Å². The van der Waals surface area contributed by atoms with Crippen molar-refractivity contribution in [2.45, 2.75) is 202 Å². The number of thiazole rings is 4. The number of rotatable bonds is 29. The summed E-state index contributed by atoms with van der Waals surface area (Å²) >= 11 is 13.2. The van der Waals surface area contributed by atoms with E-state index in [1.165, 1.54) is 109 Å². The molecule has 16 rings (SSSR count). The van der Waals surface area contributed by atoms with Crippen LogP contribution in [-0.2, 0) is 70.7 Å². The van der Waals surface area contributed by atoms with E-state index in [1.54, 1.807) is 123 Å². The lowest BCUT2D eigenvalue weighted by atomic mass is 9.95. The molecule has 0 fully saturated rings. The summed E-state index contributed by atoms with van der Waals surface area (Å²) in [6.45, 7) is 23.0. The van der Waals surface area contributed by atoms with Crippen molar-refractivity contribution in [1.29, 1.82) is 0 Å². The Balaban J connectivity index is 0.000000137. The highest BCUT2D eigenvalue weighted by molar-refractivity contribution is 7.20. The molecule has 0 radical (unpaired) electrons. The number of ether oxygens (including phenoxy) is 1. The molecule has 0 atom stereocenters. The number of aromatic nitrogens is 8. The number of H-pyrrole nitrogens is 1. The molecule has 0 unspecified atom stereocenters. The third-order valence-electron chi connectivity index (χ3n) is 20.5. The van der Waals surface area contributed by atoms with E-state index < -0.39 is 0 Å². The van der Waals surface area contributed by atoms with Crippen molar-refractivity contribution in [3.8, 4) is 81.9 Å². The first-order valence-electron chi connectivity index (χ1n) is 41.4. The van der Waals surface area contributed by atoms with Crippen LogP contribution in [0.5, 0.6) is 5.88 Å². The van der Waals surface area contributed by atoms with E-state index in [4.69, 9.17) is 24.7 Å². The largest absolute Gasteiger partial charge is 0.481 e. The lowest BCUT2D eigenvalue weighted by Gasteiger charge is -2.13. The van der Waals surface area contributed by atoms with Crippen LogP contribution >= 0.6 is 90.7 Å². The van der Waals surface area contributed by atoms with E-state index in [0.717, 1.165) is 162 Å². The van der Waals surface area contributed by atoms with Gasteiger partial charge < -0.3 is 62.9 Å². The Morgan fingerprint density at radius 2 is 0.857 bits per heavy atom. The van der Waals surface area contributed by atoms with Gasteiger partial charge in [0, 0.05) is 183 Å². The first-order chi connectivity index (χ1) is 57.8. The summed E-state index contributed by atoms with van der Waals surface area (Å²) in [5.41, 5.74) is 16.8. The third kappa shape index (κ3) is 23.7. The van der Waals surface area contributed by atoms with Crippen molar-refractivity contribution in [2.24, 2.45) is 0 Å². The van der Waals surface area contributed by atoms with Gasteiger partial charge in [-0.15, -0.1) is 90.7 Å². The molecular weight excluding hydrogens is 1650 g/mol. The van der Waals surface area contributed by atoms with E-state index in [9.17, 15) is 24.0 Å². The Labute approximate surface area is 728 Å². The molecule has 5 aliphatic rings. The molecule has 119 heavy (non-hydrogen) atoms. The number of hydrogen-bond donors (Lipinski definition) is 11. The van der Waals surface area contributed by atoms with Crippen molar-refractivity contribution >= 4 is 140 Å². The first kappa shape index (κ1) is 88.5. The number of hydrogen-bond acceptors (Lipinski definition) is 27. The number of nitrogens with zero attached hydrogens (tertiary/aromatic N) is 7. The van der Waals surface area contributed by atoms with Gasteiger partial charge in [0.25, 0.3) is 5.56 Å². The van der Waals surface area contributed by atoms with Crippen molar-refractivity contribution in [3.63, 3.8) is 0 Å². The summed E-state index contributed by atoms with van der Waals surface area (Å²) in [6, 6.07) is 8.92. The van der Waals surface area contributed by atoms with Gasteiger partial charge >= 0.3 is 0 Å². The van der Waals surface area contributed by atoms with Gasteiger partial charge in [-0.25, -0.2) is 34.9 Å². The molecule has 0 aromatic carbocycles. The zero-order valence-electron chi connectivity index (χ0n) is 69.1. The maximum absolute atomic E-state index is 12.6. The molecule has 11 N–H and O–H groups in total. The number of amides is 4. The minimum absolute atomic E-state index is 0.00719. The lowest BCUT2D eigenvalue weighted by molar-refractivity contribution is -0.116. The van der Waals surface area contributed by atoms with Gasteiger partial charge in [0.1, 0.15) is 46.4 Å². The Morgan fingerprint density at radius 1 is 0.462 bits per heavy atom. The number of thiophene rings is 4. The van der Waals surface area contributed by atoms with Gasteiger partial charge in [0.05, 0.1) is 41.0 Å². The second-order valence-corrected chi connectivity index (χ2v) is 38.8. The molecule has 4 amide bonds. The van der Waals surface area contributed by atoms with Gasteiger partial charge in [-0.2, -0.15) is 0 Å². The Bertz CT molecular complexity index is 5330. The smallest absolute Gasteiger partial charge is 0.257 e. The predicted molar refractivity (Wildman–Crippen MR) is 495 cm³/mol. The minimum Gasteiger partial charge on any atom is -0.481 e. The normalized spacial score (nSPS) is 14.2. The SMILES string of the molecule is CC(C)NCCC(=O)Nc1sc2c(c1-c1nc(-c3ccc[nH]c3=O)cs1)CCNC2.CC(C)NCCC(=O)Nc1sc2c(c1-c1nc(-c3cncnc3)cs1)CCCC2.CC(C)NCCC(=O)Nc1sc2c(c1-c1nc(C3=CCNCC3)cs1)CCCC2.COc1ncccc1-c1csc(-c2c(NC(=O)CCNC(C)C)sc3c2CCCC3)n1. The molecule has 24 nitrogen and oxygen atoms in total. The maximum atomic E-state index is 12.6. The fourth-order valence-electron chi connectivity index (χ4n) is 14.7. The Hall–Kier alpha value is -8.32. The van der Waals surface area contributed by atoms with Crippen LogP contribution in [0.1, 0.15) is 173 Å². The predicted octanol–water partition coefficient (Wildman–Crippen LogP) is 17.3. The number of carbonyl (C=O) groups excluding carboxylic acids is 4. The van der Waals surface area contributed by atoms with Crippen LogP contribution in [0.25, 0.3) is 81.6 Å². The Kier molecular flexibility index (Phi) is 32.3. The van der Waals surface area contributed by atoms with E-state index in [1.807, 2.05) is 28.3 Å². The highest BCUT2D eigenvalue weighted by Gasteiger charge is 2.31. The van der Waals surface area contributed by atoms with Gasteiger partial charge in [-0.3, -0.25) is 24.0 Å². The fraction of sp³-hybridized carbons (Fsp3) is 0.448. The van der Waals surface area contributed by atoms with Crippen LogP contribution < -0.4 is 63.5 Å². The molecule has 13 heterocycles. The zero-order chi connectivity index (χ0) is 83.3. The molecule has 2 aliphatic heterocycles. The van der Waals surface area contributed by atoms with Crippen LogP contribution in [0, 0.1) is 0 Å². The first-order valence-corrected chi connectivity index (χ1v) is 48.2. The van der Waals surface area contributed by atoms with Crippen LogP contribution in [0.3, 0.4) is 0 Å². The molecule has 0 spiro atoms. The van der Waals surface area contributed by atoms with E-state index in [0.29, 0.717) is 93.2 Å². The highest BCUT2D eigenvalue weighted by atomic mass is 32.1. The number of anilines is 4. The average Bonchev–Trinajstić information content (AvgIpc) is 1.65. The van der Waals surface area contributed by atoms with Crippen LogP contribution in [0.4, 0.5) is 20.0 Å². The molecule has 0 bridgehead atoms. The van der Waals surface area contributed by atoms with Crippen LogP contribution in [-0.4, -0.2) is 141 Å². The summed E-state index contributed by atoms with van der Waals surface area (Å²) in [5.74, 6) is 0.728. The Morgan fingerprint density at radius 3 is 1.29 bits per heavy atom. The fourth-order valence-corrected chi connectivity index (χ4v) is 23.7. The number of carbonyl (C=O) groups is 4. The number of fused-ring (bicyclic) bond motifs is 4. The molecule has 0 saturated carbocycles. The summed E-state index contributed by atoms with van der Waals surface area (Å²) in [7, 11) is 1.62. The summed E-state index contributed by atoms with van der Waals surface area (Å²) in [6.07, 6.45) is 28.1. The second kappa shape index (κ2) is 43.4. The zero-order valence-corrected chi connectivity index (χ0v) is 75.7. The van der Waals surface area contributed by atoms with E-state index in [2.05, 4.69) is 140 Å². The standard InChI is InChI=1S/C23H28N4O2S2.C22H30N4OS2.C21H25N5O2S2.C21H25N5OS2/c1-14(2)24-12-10-19(28)27-23-20(16-7-4-5-9-18(16)31-23)22-26-17(13-30-22)15-8-6-11-25-21(15)29-3;1-14(2)24-12-9-19(27)26-22-20(16-5-3-4-6-18(16)29-22)21-25-17(13-28-21)15-7-10-23-11-8-15;1-12(2)23-9-6-17(27)26-21-18(14-5-8-22-10-16(14)30-21)20-25-15(11-29-20)13-4-3-7-24-19(13)28;1-13(2)24-8-7-18(27)26-21-19(15-5-3-4-6-17(15)29-21)20-25-16(11-28-20)14-9-22-12-23-10-14/h6,8,11,13-14,24H,4-5,7,9-10,12H2,1-3H3,(H,27,28);7,13-14,23-24H,3-6,8-12H2,1-2H3,(H,26,27);3-4,7,11-12,22-23H,5-6,8-10H2,1-2H3,(H,24,28)(H,26,27);9-13,24H,3-8H2,1-2H3,(H,26,27). The van der Waals surface area contributed by atoms with Gasteiger partial charge in [-0.1, -0.05) is 61.5 Å². The van der Waals surface area contributed by atoms with Crippen LogP contribution in [0.2, 0.25) is 0 Å². The maximum Gasteiger partial charge on any atom is 0.257 e. The van der Waals surface area contributed by atoms with Gasteiger partial charge in [0.15, 0.2) is 0 Å². The quantitative estimate of drug-likeness (QED) is 0.0207. The topological polar surface area (TPSA) is 321 Å². The van der Waals surface area contributed by atoms with Gasteiger partial charge in [-0.05, 0) is 155 Å². The number of methoxy groups -OCH3 is 1. The monoisotopic (exact) mass is 1760 g/mol. The summed E-state index contributed by atoms with van der Waals surface area (Å²) in [4.78, 5) is 103. The molecule has 3 aliphatic carbocycles. The molecule has 32 heteroatoms. The number of nitrogens with one attached hydrogen (secondary N) is 11. The van der Waals surface area contributed by atoms with Crippen molar-refractivity contribution < 1.29 is 23.9 Å². The molecular formula is C87H108N18O6S8. The molecule has 11 aromatic rings. The van der Waals surface area contributed by atoms with Gasteiger partial charge in [0.2, 0.25) is 29.5 Å². The minimum atomic E-state index is -0.155. The third-order valence-corrected chi connectivity index (χ3v) is 28.7. The van der Waals surface area contributed by atoms with Crippen molar-refractivity contribution in [3.05, 3.63) is 141 Å². The summed E-state index contributed by atoms with van der Waals surface area (Å²) in [5, 5.41) is 48.3. The number of aromatic amines is 1. The second-order valence-electron chi connectivity index (χ2n) is 30.9. The van der Waals surface area contributed by atoms with E-state index >= 15 is 0 Å². The number of pyridine rings is 2. The van der Waals surface area contributed by atoms with Crippen LogP contribution in [0.15, 0.2) is 87.8 Å². The highest BCUT2D eigenvalue weighted by Crippen LogP contribution is 2.50. The lowest BCUT2D eigenvalue weighted by Crippen LogP contribution is -2.27. The number of aryl methyl sites for hydroxylation is 3. The average molecular weight is 1760 g/mol. The molecule has 0 saturated heterocycles. The van der Waals surface area contributed by atoms with E-state index in [-0.39, 0.29) is 29.2 Å². The van der Waals surface area contributed by atoms with Crippen molar-refractivity contribution in [1.82, 2.24) is 71.8 Å². The summed E-state index contributed by atoms with van der Waals surface area (Å²) < 4.78 is 5.41. The molecule has 11 aromatic heterocycles. The molecule has 630 valence electrons.